The number of carbonyl (C=O) groups is 1. The van der Waals surface area contributed by atoms with Gasteiger partial charge in [-0.25, -0.2) is 9.07 Å². The number of hydrogen-bond donors (Lipinski definition) is 0. The molecule has 0 N–H and O–H groups in total. The van der Waals surface area contributed by atoms with Gasteiger partial charge in [0.1, 0.15) is 11.5 Å². The van der Waals surface area contributed by atoms with Crippen molar-refractivity contribution in [2.24, 2.45) is 0 Å². The highest BCUT2D eigenvalue weighted by atomic mass is 35.5. The lowest BCUT2D eigenvalue weighted by Gasteiger charge is -2.39. The summed E-state index contributed by atoms with van der Waals surface area (Å²) in [4.78, 5) is 14.1. The number of hydrogen-bond acceptors (Lipinski definition) is 3. The molecule has 5 nitrogen and oxygen atoms in total. The third kappa shape index (κ3) is 3.71. The third-order valence-electron chi connectivity index (χ3n) is 4.82. The van der Waals surface area contributed by atoms with Gasteiger partial charge in [-0.3, -0.25) is 4.79 Å². The molecule has 1 saturated heterocycles. The molecule has 1 fully saturated rings. The fourth-order valence-corrected chi connectivity index (χ4v) is 3.44. The van der Waals surface area contributed by atoms with Crippen molar-refractivity contribution in [1.29, 1.82) is 0 Å². The standard InChI is InChI=1S/C20H18ClFN4O/c21-17-7-4-8-18(22)16(17)9-10-20(27)25-11-15(12-25)26-13-19(23-24-26)14-5-2-1-3-6-14/h1-8,13,15H,9-12H2. The molecule has 1 amide bonds. The van der Waals surface area contributed by atoms with E-state index in [0.29, 0.717) is 30.1 Å². The van der Waals surface area contributed by atoms with E-state index < -0.39 is 0 Å². The summed E-state index contributed by atoms with van der Waals surface area (Å²) in [6.07, 6.45) is 2.44. The van der Waals surface area contributed by atoms with E-state index in [9.17, 15) is 9.18 Å². The molecular weight excluding hydrogens is 367 g/mol. The molecule has 7 heteroatoms. The average Bonchev–Trinajstić information content (AvgIpc) is 3.10. The van der Waals surface area contributed by atoms with Crippen LogP contribution in [0.25, 0.3) is 11.3 Å². The van der Waals surface area contributed by atoms with E-state index in [1.54, 1.807) is 21.7 Å². The van der Waals surface area contributed by atoms with E-state index >= 15 is 0 Å². The van der Waals surface area contributed by atoms with E-state index in [0.717, 1.165) is 11.3 Å². The molecule has 0 atom stereocenters. The molecule has 0 unspecified atom stereocenters. The Kier molecular flexibility index (Phi) is 4.90. The van der Waals surface area contributed by atoms with Crippen LogP contribution in [-0.2, 0) is 11.2 Å². The van der Waals surface area contributed by atoms with Gasteiger partial charge in [0.05, 0.1) is 12.2 Å². The van der Waals surface area contributed by atoms with Crippen molar-refractivity contribution in [1.82, 2.24) is 19.9 Å². The Balaban J connectivity index is 1.32. The smallest absolute Gasteiger partial charge is 0.223 e. The molecule has 1 aromatic heterocycles. The van der Waals surface area contributed by atoms with Crippen molar-refractivity contribution in [3.8, 4) is 11.3 Å². The van der Waals surface area contributed by atoms with Gasteiger partial charge in [-0.15, -0.1) is 5.10 Å². The van der Waals surface area contributed by atoms with Crippen molar-refractivity contribution >= 4 is 17.5 Å². The number of aromatic nitrogens is 3. The van der Waals surface area contributed by atoms with Gasteiger partial charge in [-0.2, -0.15) is 0 Å². The van der Waals surface area contributed by atoms with Gasteiger partial charge in [0.25, 0.3) is 0 Å². The minimum absolute atomic E-state index is 0.00559. The predicted octanol–water partition coefficient (Wildman–Crippen LogP) is 3.75. The molecule has 1 aliphatic heterocycles. The maximum Gasteiger partial charge on any atom is 0.223 e. The second kappa shape index (κ2) is 7.48. The summed E-state index contributed by atoms with van der Waals surface area (Å²) in [7, 11) is 0. The Morgan fingerprint density at radius 1 is 1.15 bits per heavy atom. The van der Waals surface area contributed by atoms with Crippen molar-refractivity contribution in [3.63, 3.8) is 0 Å². The van der Waals surface area contributed by atoms with Gasteiger partial charge in [-0.1, -0.05) is 53.2 Å². The average molecular weight is 385 g/mol. The second-order valence-corrected chi connectivity index (χ2v) is 7.01. The first-order chi connectivity index (χ1) is 13.1. The van der Waals surface area contributed by atoms with Crippen LogP contribution in [0.1, 0.15) is 18.0 Å². The first-order valence-corrected chi connectivity index (χ1v) is 9.17. The van der Waals surface area contributed by atoms with Crippen LogP contribution in [0.3, 0.4) is 0 Å². The number of halogens is 2. The molecule has 0 saturated carbocycles. The molecule has 1 aliphatic rings. The largest absolute Gasteiger partial charge is 0.338 e. The zero-order valence-electron chi connectivity index (χ0n) is 14.6. The van der Waals surface area contributed by atoms with Crippen LogP contribution in [0.5, 0.6) is 0 Å². The SMILES string of the molecule is O=C(CCc1c(F)cccc1Cl)N1CC(n2cc(-c3ccccc3)nn2)C1. The van der Waals surface area contributed by atoms with Crippen LogP contribution in [0.4, 0.5) is 4.39 Å². The van der Waals surface area contributed by atoms with E-state index in [1.165, 1.54) is 6.07 Å². The lowest BCUT2D eigenvalue weighted by Crippen LogP contribution is -2.51. The Hall–Kier alpha value is -2.73. The minimum Gasteiger partial charge on any atom is -0.338 e. The van der Waals surface area contributed by atoms with Crippen LogP contribution in [-0.4, -0.2) is 38.9 Å². The molecular formula is C20H18ClFN4O. The van der Waals surface area contributed by atoms with Crippen LogP contribution in [0.15, 0.2) is 54.7 Å². The monoisotopic (exact) mass is 384 g/mol. The van der Waals surface area contributed by atoms with Gasteiger partial charge in [0, 0.05) is 35.7 Å². The zero-order chi connectivity index (χ0) is 18.8. The molecule has 27 heavy (non-hydrogen) atoms. The number of amides is 1. The topological polar surface area (TPSA) is 51.0 Å². The lowest BCUT2D eigenvalue weighted by atomic mass is 10.1. The summed E-state index contributed by atoms with van der Waals surface area (Å²) in [6, 6.07) is 14.5. The maximum atomic E-state index is 13.8. The number of carbonyl (C=O) groups excluding carboxylic acids is 1. The second-order valence-electron chi connectivity index (χ2n) is 6.60. The molecule has 0 radical (unpaired) electrons. The molecule has 3 aromatic rings. The van der Waals surface area contributed by atoms with Crippen LogP contribution >= 0.6 is 11.6 Å². The van der Waals surface area contributed by atoms with Crippen molar-refractivity contribution in [3.05, 3.63) is 71.1 Å². The Morgan fingerprint density at radius 2 is 1.93 bits per heavy atom. The van der Waals surface area contributed by atoms with Crippen LogP contribution in [0, 0.1) is 5.82 Å². The molecule has 138 valence electrons. The van der Waals surface area contributed by atoms with Crippen LogP contribution in [0.2, 0.25) is 5.02 Å². The van der Waals surface area contributed by atoms with Crippen molar-refractivity contribution in [2.45, 2.75) is 18.9 Å². The first-order valence-electron chi connectivity index (χ1n) is 8.80. The van der Waals surface area contributed by atoms with Gasteiger partial charge in [0.15, 0.2) is 0 Å². The van der Waals surface area contributed by atoms with Crippen LogP contribution < -0.4 is 0 Å². The summed E-state index contributed by atoms with van der Waals surface area (Å²) in [6.45, 7) is 1.17. The molecule has 0 bridgehead atoms. The van der Waals surface area contributed by atoms with E-state index in [1.807, 2.05) is 36.5 Å². The fraction of sp³-hybridized carbons (Fsp3) is 0.250. The number of benzene rings is 2. The number of nitrogens with zero attached hydrogens (tertiary/aromatic N) is 4. The van der Waals surface area contributed by atoms with E-state index in [2.05, 4.69) is 10.3 Å². The van der Waals surface area contributed by atoms with Gasteiger partial charge in [-0.05, 0) is 18.6 Å². The lowest BCUT2D eigenvalue weighted by molar-refractivity contribution is -0.137. The van der Waals surface area contributed by atoms with Gasteiger partial charge < -0.3 is 4.90 Å². The summed E-state index contributed by atoms with van der Waals surface area (Å²) in [5.74, 6) is -0.373. The highest BCUT2D eigenvalue weighted by Gasteiger charge is 2.32. The maximum absolute atomic E-state index is 13.8. The van der Waals surface area contributed by atoms with E-state index in [4.69, 9.17) is 11.6 Å². The fourth-order valence-electron chi connectivity index (χ4n) is 3.18. The molecule has 2 aromatic carbocycles. The van der Waals surface area contributed by atoms with Crippen molar-refractivity contribution in [2.75, 3.05) is 13.1 Å². The molecule has 4 rings (SSSR count). The quantitative estimate of drug-likeness (QED) is 0.673. The van der Waals surface area contributed by atoms with Gasteiger partial charge in [0.2, 0.25) is 5.91 Å². The number of likely N-dealkylation sites (tertiary alicyclic amines) is 1. The minimum atomic E-state index is -0.368. The summed E-state index contributed by atoms with van der Waals surface area (Å²) in [5, 5.41) is 8.76. The summed E-state index contributed by atoms with van der Waals surface area (Å²) < 4.78 is 15.6. The highest BCUT2D eigenvalue weighted by Crippen LogP contribution is 2.25. The molecule has 0 aliphatic carbocycles. The number of rotatable bonds is 5. The Morgan fingerprint density at radius 3 is 2.67 bits per heavy atom. The zero-order valence-corrected chi connectivity index (χ0v) is 15.3. The predicted molar refractivity (Wildman–Crippen MR) is 101 cm³/mol. The third-order valence-corrected chi connectivity index (χ3v) is 5.17. The highest BCUT2D eigenvalue weighted by molar-refractivity contribution is 6.31. The normalized spacial score (nSPS) is 14.2. The molecule has 2 heterocycles. The van der Waals surface area contributed by atoms with Crippen molar-refractivity contribution < 1.29 is 9.18 Å². The molecule has 0 spiro atoms. The Labute approximate surface area is 161 Å². The van der Waals surface area contributed by atoms with Gasteiger partial charge >= 0.3 is 0 Å². The summed E-state index contributed by atoms with van der Waals surface area (Å²) in [5.41, 5.74) is 2.22. The Bertz CT molecular complexity index is 933. The van der Waals surface area contributed by atoms with E-state index in [-0.39, 0.29) is 24.2 Å². The summed E-state index contributed by atoms with van der Waals surface area (Å²) >= 11 is 6.01. The first kappa shape index (κ1) is 17.7.